The molecule has 16 heavy (non-hydrogen) atoms. The number of anilines is 2. The Morgan fingerprint density at radius 1 is 1.31 bits per heavy atom. The molecule has 0 radical (unpaired) electrons. The van der Waals surface area contributed by atoms with Crippen LogP contribution in [0.25, 0.3) is 0 Å². The molecule has 0 saturated carbocycles. The summed E-state index contributed by atoms with van der Waals surface area (Å²) in [5, 5.41) is 0. The third-order valence-corrected chi connectivity index (χ3v) is 1.47. The van der Waals surface area contributed by atoms with Gasteiger partial charge in [0.1, 0.15) is 0 Å². The number of rotatable bonds is 2. The van der Waals surface area contributed by atoms with Gasteiger partial charge in [-0.25, -0.2) is 0 Å². The molecule has 6 N–H and O–H groups in total. The zero-order valence-electron chi connectivity index (χ0n) is 8.62. The fourth-order valence-corrected chi connectivity index (χ4v) is 0.906. The van der Waals surface area contributed by atoms with Crippen LogP contribution in [0, 0.1) is 0 Å². The van der Waals surface area contributed by atoms with Gasteiger partial charge in [0.2, 0.25) is 0 Å². The number of hydrogen-bond acceptors (Lipinski definition) is 5. The molecular weight excluding hydrogens is 236 g/mol. The molecule has 0 aliphatic heterocycles. The van der Waals surface area contributed by atoms with Gasteiger partial charge in [-0.1, -0.05) is 0 Å². The van der Waals surface area contributed by atoms with Crippen molar-refractivity contribution in [1.29, 1.82) is 0 Å². The molecule has 0 unspecified atom stereocenters. The third-order valence-electron chi connectivity index (χ3n) is 1.47. The summed E-state index contributed by atoms with van der Waals surface area (Å²) in [6.45, 7) is 0.511. The van der Waals surface area contributed by atoms with Gasteiger partial charge in [-0.05, 0) is 18.2 Å². The average Bonchev–Trinajstić information content (AvgIpc) is 2.09. The molecule has 1 aromatic rings. The first-order chi connectivity index (χ1) is 7.24. The van der Waals surface area contributed by atoms with Gasteiger partial charge in [0, 0.05) is 24.0 Å². The van der Waals surface area contributed by atoms with Crippen molar-refractivity contribution >= 4 is 21.8 Å². The van der Waals surface area contributed by atoms with Crippen LogP contribution in [0.3, 0.4) is 0 Å². The lowest BCUT2D eigenvalue weighted by Crippen LogP contribution is -1.97. The summed E-state index contributed by atoms with van der Waals surface area (Å²) in [6, 6.07) is 5.37. The summed E-state index contributed by atoms with van der Waals surface area (Å²) in [5.41, 5.74) is 13.6. The van der Waals surface area contributed by atoms with Crippen molar-refractivity contribution in [3.63, 3.8) is 0 Å². The minimum Gasteiger partial charge on any atom is -0.399 e. The maximum atomic E-state index is 8.74. The predicted molar refractivity (Wildman–Crippen MR) is 60.2 cm³/mol. The lowest BCUT2D eigenvalue weighted by atomic mass is 10.2. The second-order valence-corrected chi connectivity index (χ2v) is 3.73. The van der Waals surface area contributed by atoms with Gasteiger partial charge < -0.3 is 16.2 Å². The van der Waals surface area contributed by atoms with Crippen LogP contribution in [0.1, 0.15) is 5.56 Å². The van der Waals surface area contributed by atoms with Gasteiger partial charge in [-0.2, -0.15) is 8.42 Å². The Balaban J connectivity index is 0.000000385. The van der Waals surface area contributed by atoms with E-state index in [-0.39, 0.29) is 0 Å². The van der Waals surface area contributed by atoms with Crippen molar-refractivity contribution in [1.82, 2.24) is 0 Å². The van der Waals surface area contributed by atoms with E-state index in [0.29, 0.717) is 12.3 Å². The van der Waals surface area contributed by atoms with E-state index in [0.717, 1.165) is 11.3 Å². The van der Waals surface area contributed by atoms with Crippen molar-refractivity contribution in [3.05, 3.63) is 23.8 Å². The first-order valence-corrected chi connectivity index (χ1v) is 5.46. The summed E-state index contributed by atoms with van der Waals surface area (Å²) >= 11 is 0. The summed E-state index contributed by atoms with van der Waals surface area (Å²) < 4.78 is 36.5. The normalized spacial score (nSPS) is 10.4. The summed E-state index contributed by atoms with van der Waals surface area (Å²) in [5.74, 6) is 0. The molecule has 92 valence electrons. The van der Waals surface area contributed by atoms with E-state index < -0.39 is 10.4 Å². The Bertz CT molecular complexity index is 424. The first-order valence-electron chi connectivity index (χ1n) is 4.06. The summed E-state index contributed by atoms with van der Waals surface area (Å²) in [6.07, 6.45) is 0. The molecule has 0 aromatic heterocycles. The minimum absolute atomic E-state index is 0.511. The molecule has 0 amide bonds. The lowest BCUT2D eigenvalue weighted by Gasteiger charge is -2.04. The second-order valence-electron chi connectivity index (χ2n) is 2.84. The fraction of sp³-hybridized carbons (Fsp3) is 0.250. The van der Waals surface area contributed by atoms with Crippen LogP contribution in [-0.4, -0.2) is 24.6 Å². The standard InChI is InChI=1S/C8H12N2O.H2O4S/c1-11-5-6-4-7(9)2-3-8(6)10;1-5(2,3)4/h2-4H,5,9-10H2,1H3;(H2,1,2,3,4). The lowest BCUT2D eigenvalue weighted by molar-refractivity contribution is 0.185. The Morgan fingerprint density at radius 2 is 1.81 bits per heavy atom. The van der Waals surface area contributed by atoms with E-state index in [4.69, 9.17) is 33.7 Å². The SMILES string of the molecule is COCc1cc(N)ccc1N.O=S(=O)(O)O. The maximum absolute atomic E-state index is 8.74. The zero-order chi connectivity index (χ0) is 12.8. The molecule has 0 atom stereocenters. The Labute approximate surface area is 93.6 Å². The largest absolute Gasteiger partial charge is 0.399 e. The van der Waals surface area contributed by atoms with E-state index in [1.807, 2.05) is 6.07 Å². The molecule has 7 nitrogen and oxygen atoms in total. The van der Waals surface area contributed by atoms with E-state index in [1.165, 1.54) is 0 Å². The van der Waals surface area contributed by atoms with Gasteiger partial charge in [0.15, 0.2) is 0 Å². The number of hydrogen-bond donors (Lipinski definition) is 4. The van der Waals surface area contributed by atoms with E-state index in [1.54, 1.807) is 19.2 Å². The highest BCUT2D eigenvalue weighted by atomic mass is 32.3. The number of nitrogen functional groups attached to an aromatic ring is 2. The average molecular weight is 250 g/mol. The van der Waals surface area contributed by atoms with Crippen LogP contribution in [0.15, 0.2) is 18.2 Å². The van der Waals surface area contributed by atoms with Crippen molar-refractivity contribution in [2.45, 2.75) is 6.61 Å². The fourth-order valence-electron chi connectivity index (χ4n) is 0.906. The Morgan fingerprint density at radius 3 is 2.25 bits per heavy atom. The first kappa shape index (κ1) is 14.6. The topological polar surface area (TPSA) is 136 Å². The van der Waals surface area contributed by atoms with Gasteiger partial charge in [0.25, 0.3) is 0 Å². The highest BCUT2D eigenvalue weighted by molar-refractivity contribution is 7.79. The van der Waals surface area contributed by atoms with Crippen LogP contribution in [-0.2, 0) is 21.7 Å². The molecule has 0 fully saturated rings. The van der Waals surface area contributed by atoms with E-state index >= 15 is 0 Å². The maximum Gasteiger partial charge on any atom is 0.394 e. The highest BCUT2D eigenvalue weighted by Crippen LogP contribution is 2.15. The molecule has 0 bridgehead atoms. The number of ether oxygens (including phenoxy) is 1. The molecule has 0 saturated heterocycles. The van der Waals surface area contributed by atoms with Crippen LogP contribution in [0.2, 0.25) is 0 Å². The van der Waals surface area contributed by atoms with Crippen LogP contribution in [0.4, 0.5) is 11.4 Å². The van der Waals surface area contributed by atoms with Crippen LogP contribution in [0.5, 0.6) is 0 Å². The van der Waals surface area contributed by atoms with E-state index in [9.17, 15) is 0 Å². The van der Waals surface area contributed by atoms with Crippen LogP contribution < -0.4 is 11.5 Å². The Kier molecular flexibility index (Phi) is 5.75. The number of benzene rings is 1. The highest BCUT2D eigenvalue weighted by Gasteiger charge is 1.97. The molecule has 0 heterocycles. The van der Waals surface area contributed by atoms with E-state index in [2.05, 4.69) is 0 Å². The smallest absolute Gasteiger partial charge is 0.394 e. The summed E-state index contributed by atoms with van der Waals surface area (Å²) in [4.78, 5) is 0. The van der Waals surface area contributed by atoms with Crippen molar-refractivity contribution in [3.8, 4) is 0 Å². The van der Waals surface area contributed by atoms with Crippen molar-refractivity contribution in [2.24, 2.45) is 0 Å². The monoisotopic (exact) mass is 250 g/mol. The molecular formula is C8H14N2O5S. The number of methoxy groups -OCH3 is 1. The van der Waals surface area contributed by atoms with Gasteiger partial charge >= 0.3 is 10.4 Å². The van der Waals surface area contributed by atoms with Gasteiger partial charge in [0.05, 0.1) is 6.61 Å². The summed E-state index contributed by atoms with van der Waals surface area (Å²) in [7, 11) is -3.04. The molecule has 0 aliphatic carbocycles. The Hall–Kier alpha value is -1.35. The zero-order valence-corrected chi connectivity index (χ0v) is 9.44. The molecule has 1 rings (SSSR count). The molecule has 1 aromatic carbocycles. The minimum atomic E-state index is -4.67. The predicted octanol–water partition coefficient (Wildman–Crippen LogP) is 0.345. The molecule has 0 aliphatic rings. The number of nitrogens with two attached hydrogens (primary N) is 2. The molecule has 8 heteroatoms. The molecule has 0 spiro atoms. The van der Waals surface area contributed by atoms with Gasteiger partial charge in [-0.3, -0.25) is 9.11 Å². The quantitative estimate of drug-likeness (QED) is 0.439. The third kappa shape index (κ3) is 8.00. The van der Waals surface area contributed by atoms with Crippen molar-refractivity contribution in [2.75, 3.05) is 18.6 Å². The second kappa shape index (κ2) is 6.28. The van der Waals surface area contributed by atoms with Crippen LogP contribution >= 0.6 is 0 Å². The van der Waals surface area contributed by atoms with Gasteiger partial charge in [-0.15, -0.1) is 0 Å². The van der Waals surface area contributed by atoms with Crippen molar-refractivity contribution < 1.29 is 22.3 Å².